The van der Waals surface area contributed by atoms with Gasteiger partial charge >= 0.3 is 5.97 Å². The number of methoxy groups -OCH3 is 1. The Hall–Kier alpha value is -3.19. The van der Waals surface area contributed by atoms with Crippen molar-refractivity contribution in [2.75, 3.05) is 20.3 Å². The first-order valence-corrected chi connectivity index (χ1v) is 9.65. The molecule has 158 valence electrons. The van der Waals surface area contributed by atoms with Gasteiger partial charge < -0.3 is 18.5 Å². The van der Waals surface area contributed by atoms with E-state index < -0.39 is 12.6 Å². The molecule has 7 heteroatoms. The number of aryl methyl sites for hydroxylation is 2. The lowest BCUT2D eigenvalue weighted by molar-refractivity contribution is 0.0444. The fourth-order valence-electron chi connectivity index (χ4n) is 3.70. The van der Waals surface area contributed by atoms with Crippen LogP contribution in [0.1, 0.15) is 50.8 Å². The number of hydrogen-bond donors (Lipinski definition) is 0. The number of esters is 1. The Balaban J connectivity index is 1.76. The van der Waals surface area contributed by atoms with Gasteiger partial charge in [0.15, 0.2) is 12.0 Å². The topological polar surface area (TPSA) is 87.7 Å². The number of nitrogens with zero attached hydrogens (tertiary/aromatic N) is 1. The fraction of sp³-hybridized carbons (Fsp3) is 0.348. The van der Waals surface area contributed by atoms with E-state index in [-0.39, 0.29) is 23.0 Å². The molecule has 0 radical (unpaired) electrons. The van der Waals surface area contributed by atoms with E-state index in [2.05, 4.69) is 0 Å². The molecular formula is C23H25NO6. The SMILES string of the molecule is COC[C@H](C)n1c(C)cc(C(=O)COC(=O)c2cc(=O)c3cc(C)ccc3o2)c1C. The Kier molecular flexibility index (Phi) is 6.22. The summed E-state index contributed by atoms with van der Waals surface area (Å²) in [4.78, 5) is 37.3. The highest BCUT2D eigenvalue weighted by molar-refractivity contribution is 6.00. The van der Waals surface area contributed by atoms with E-state index in [1.165, 1.54) is 0 Å². The molecule has 0 spiro atoms. The molecule has 0 aliphatic heterocycles. The summed E-state index contributed by atoms with van der Waals surface area (Å²) < 4.78 is 17.8. The lowest BCUT2D eigenvalue weighted by Crippen LogP contribution is -2.17. The van der Waals surface area contributed by atoms with Gasteiger partial charge in [0.1, 0.15) is 5.58 Å². The third-order valence-corrected chi connectivity index (χ3v) is 5.05. The maximum atomic E-state index is 12.6. The molecule has 3 rings (SSSR count). The van der Waals surface area contributed by atoms with E-state index in [1.807, 2.05) is 32.3 Å². The van der Waals surface area contributed by atoms with Crippen LogP contribution in [-0.4, -0.2) is 36.6 Å². The third kappa shape index (κ3) is 4.21. The normalized spacial score (nSPS) is 12.2. The summed E-state index contributed by atoms with van der Waals surface area (Å²) in [6.07, 6.45) is 0. The Morgan fingerprint density at radius 1 is 1.13 bits per heavy atom. The summed E-state index contributed by atoms with van der Waals surface area (Å²) in [7, 11) is 1.63. The maximum absolute atomic E-state index is 12.6. The van der Waals surface area contributed by atoms with Gasteiger partial charge in [0.05, 0.1) is 18.0 Å². The number of benzene rings is 1. The van der Waals surface area contributed by atoms with E-state index in [4.69, 9.17) is 13.9 Å². The second kappa shape index (κ2) is 8.67. The summed E-state index contributed by atoms with van der Waals surface area (Å²) in [5.74, 6) is -1.42. The maximum Gasteiger partial charge on any atom is 0.374 e. The molecule has 2 aromatic heterocycles. The van der Waals surface area contributed by atoms with Crippen molar-refractivity contribution >= 4 is 22.7 Å². The van der Waals surface area contributed by atoms with Gasteiger partial charge in [-0.2, -0.15) is 0 Å². The number of hydrogen-bond acceptors (Lipinski definition) is 6. The summed E-state index contributed by atoms with van der Waals surface area (Å²) in [5, 5.41) is 0.389. The molecule has 2 heterocycles. The molecule has 0 bridgehead atoms. The van der Waals surface area contributed by atoms with Crippen LogP contribution < -0.4 is 5.43 Å². The molecule has 1 atom stereocenters. The molecule has 0 amide bonds. The van der Waals surface area contributed by atoms with Crippen molar-refractivity contribution in [2.24, 2.45) is 0 Å². The average Bonchev–Trinajstić information content (AvgIpc) is 3.00. The highest BCUT2D eigenvalue weighted by Crippen LogP contribution is 2.21. The van der Waals surface area contributed by atoms with Crippen LogP contribution in [0.4, 0.5) is 0 Å². The quantitative estimate of drug-likeness (QED) is 0.434. The number of carbonyl (C=O) groups excluding carboxylic acids is 2. The van der Waals surface area contributed by atoms with Crippen molar-refractivity contribution in [3.8, 4) is 0 Å². The highest BCUT2D eigenvalue weighted by atomic mass is 16.5. The zero-order valence-corrected chi connectivity index (χ0v) is 17.8. The van der Waals surface area contributed by atoms with Crippen molar-refractivity contribution in [3.63, 3.8) is 0 Å². The van der Waals surface area contributed by atoms with Gasteiger partial charge in [0.25, 0.3) is 0 Å². The van der Waals surface area contributed by atoms with Gasteiger partial charge in [-0.1, -0.05) is 11.6 Å². The summed E-state index contributed by atoms with van der Waals surface area (Å²) >= 11 is 0. The van der Waals surface area contributed by atoms with Gasteiger partial charge in [-0.15, -0.1) is 0 Å². The molecule has 0 unspecified atom stereocenters. The van der Waals surface area contributed by atoms with Crippen molar-refractivity contribution in [3.05, 3.63) is 68.8 Å². The van der Waals surface area contributed by atoms with Gasteiger partial charge in [0, 0.05) is 30.1 Å². The molecule has 0 fully saturated rings. The Bertz CT molecular complexity index is 1170. The Morgan fingerprint density at radius 3 is 2.57 bits per heavy atom. The molecule has 0 N–H and O–H groups in total. The predicted molar refractivity (Wildman–Crippen MR) is 112 cm³/mol. The van der Waals surface area contributed by atoms with Crippen molar-refractivity contribution < 1.29 is 23.5 Å². The number of rotatable bonds is 7. The van der Waals surface area contributed by atoms with Gasteiger partial charge in [-0.3, -0.25) is 9.59 Å². The smallest absolute Gasteiger partial charge is 0.374 e. The molecule has 7 nitrogen and oxygen atoms in total. The van der Waals surface area contributed by atoms with E-state index >= 15 is 0 Å². The number of Topliss-reactive ketones (excluding diaryl/α,β-unsaturated/α-hetero) is 1. The molecule has 3 aromatic rings. The lowest BCUT2D eigenvalue weighted by Gasteiger charge is -2.17. The summed E-state index contributed by atoms with van der Waals surface area (Å²) in [5.41, 5.74) is 3.05. The fourth-order valence-corrected chi connectivity index (χ4v) is 3.70. The van der Waals surface area contributed by atoms with E-state index in [0.717, 1.165) is 23.0 Å². The first-order chi connectivity index (χ1) is 14.2. The molecule has 0 saturated heterocycles. The molecule has 0 aliphatic rings. The molecular weight excluding hydrogens is 386 g/mol. The molecule has 30 heavy (non-hydrogen) atoms. The molecule has 0 saturated carbocycles. The minimum absolute atomic E-state index is 0.0645. The zero-order valence-electron chi connectivity index (χ0n) is 17.8. The predicted octanol–water partition coefficient (Wildman–Crippen LogP) is 3.77. The minimum atomic E-state index is -0.857. The van der Waals surface area contributed by atoms with Crippen LogP contribution in [0, 0.1) is 20.8 Å². The van der Waals surface area contributed by atoms with Crippen LogP contribution in [0.15, 0.2) is 39.5 Å². The van der Waals surface area contributed by atoms with Crippen molar-refractivity contribution in [2.45, 2.75) is 33.7 Å². The van der Waals surface area contributed by atoms with Gasteiger partial charge in [-0.25, -0.2) is 4.79 Å². The summed E-state index contributed by atoms with van der Waals surface area (Å²) in [6, 6.07) is 8.03. The van der Waals surface area contributed by atoms with Gasteiger partial charge in [0.2, 0.25) is 11.5 Å². The average molecular weight is 411 g/mol. The van der Waals surface area contributed by atoms with Crippen molar-refractivity contribution in [1.29, 1.82) is 0 Å². The number of ether oxygens (including phenoxy) is 2. The molecule has 1 aromatic carbocycles. The summed E-state index contributed by atoms with van der Waals surface area (Å²) in [6.45, 7) is 7.68. The van der Waals surface area contributed by atoms with Crippen LogP contribution in [0.5, 0.6) is 0 Å². The first kappa shape index (κ1) is 21.5. The van der Waals surface area contributed by atoms with Gasteiger partial charge in [-0.05, 0) is 45.9 Å². The largest absolute Gasteiger partial charge is 0.451 e. The standard InChI is InChI=1S/C23H25NO6/c1-13-6-7-21-18(8-13)19(25)10-22(30-21)23(27)29-12-20(26)17-9-14(2)24(16(17)4)15(3)11-28-5/h6-10,15H,11-12H2,1-5H3/t15-/m0/s1. The monoisotopic (exact) mass is 411 g/mol. The minimum Gasteiger partial charge on any atom is -0.451 e. The van der Waals surface area contributed by atoms with Crippen LogP contribution in [0.3, 0.4) is 0 Å². The molecule has 0 aliphatic carbocycles. The lowest BCUT2D eigenvalue weighted by atomic mass is 10.1. The zero-order chi connectivity index (χ0) is 22.0. The van der Waals surface area contributed by atoms with Crippen LogP contribution in [-0.2, 0) is 9.47 Å². The number of fused-ring (bicyclic) bond motifs is 1. The van der Waals surface area contributed by atoms with E-state index in [0.29, 0.717) is 23.1 Å². The van der Waals surface area contributed by atoms with Crippen LogP contribution >= 0.6 is 0 Å². The number of aromatic nitrogens is 1. The highest BCUT2D eigenvalue weighted by Gasteiger charge is 2.21. The Labute approximate surface area is 174 Å². The second-order valence-corrected chi connectivity index (χ2v) is 7.43. The Morgan fingerprint density at radius 2 is 1.87 bits per heavy atom. The number of ketones is 1. The number of carbonyl (C=O) groups is 2. The first-order valence-electron chi connectivity index (χ1n) is 9.65. The van der Waals surface area contributed by atoms with E-state index in [1.54, 1.807) is 31.4 Å². The van der Waals surface area contributed by atoms with Crippen LogP contribution in [0.25, 0.3) is 11.0 Å². The second-order valence-electron chi connectivity index (χ2n) is 7.43. The van der Waals surface area contributed by atoms with Crippen molar-refractivity contribution in [1.82, 2.24) is 4.57 Å². The van der Waals surface area contributed by atoms with Crippen LogP contribution in [0.2, 0.25) is 0 Å². The third-order valence-electron chi connectivity index (χ3n) is 5.05. The van der Waals surface area contributed by atoms with E-state index in [9.17, 15) is 14.4 Å².